The molecule has 1 amide bonds. The quantitative estimate of drug-likeness (QED) is 0.550. The molecule has 0 unspecified atom stereocenters. The number of hydrogen-bond donors (Lipinski definition) is 1. The van der Waals surface area contributed by atoms with Gasteiger partial charge in [-0.3, -0.25) is 9.48 Å². The summed E-state index contributed by atoms with van der Waals surface area (Å²) in [5, 5.41) is 7.41. The van der Waals surface area contributed by atoms with Crippen molar-refractivity contribution in [2.75, 3.05) is 5.32 Å². The Labute approximate surface area is 174 Å². The second kappa shape index (κ2) is 9.35. The fraction of sp³-hybridized carbons (Fsp3) is 0.217. The number of carbonyl (C=O) groups excluding carboxylic acids is 1. The fourth-order valence-electron chi connectivity index (χ4n) is 3.11. The molecule has 3 rings (SSSR count). The first kappa shape index (κ1) is 21.2. The third kappa shape index (κ3) is 5.53. The molecule has 0 spiro atoms. The highest BCUT2D eigenvalue weighted by Crippen LogP contribution is 2.21. The first-order valence-electron chi connectivity index (χ1n) is 9.45. The van der Waals surface area contributed by atoms with Crippen LogP contribution in [0.4, 0.5) is 14.5 Å². The Kier molecular flexibility index (Phi) is 6.61. The van der Waals surface area contributed by atoms with E-state index in [1.54, 1.807) is 18.2 Å². The summed E-state index contributed by atoms with van der Waals surface area (Å²) in [4.78, 5) is 12.4. The first-order valence-corrected chi connectivity index (χ1v) is 9.45. The topological polar surface area (TPSA) is 56.2 Å². The van der Waals surface area contributed by atoms with Crippen LogP contribution in [0.5, 0.6) is 5.75 Å². The van der Waals surface area contributed by atoms with Gasteiger partial charge in [0.1, 0.15) is 5.75 Å². The van der Waals surface area contributed by atoms with Crippen molar-refractivity contribution < 1.29 is 18.3 Å². The highest BCUT2D eigenvalue weighted by Gasteiger charge is 2.13. The van der Waals surface area contributed by atoms with E-state index in [4.69, 9.17) is 0 Å². The molecule has 0 aliphatic heterocycles. The number of rotatable bonds is 7. The average molecular weight is 411 g/mol. The predicted molar refractivity (Wildman–Crippen MR) is 113 cm³/mol. The molecule has 0 radical (unpaired) electrons. The average Bonchev–Trinajstić information content (AvgIpc) is 2.94. The molecule has 0 aliphatic rings. The van der Waals surface area contributed by atoms with Gasteiger partial charge in [0.15, 0.2) is 0 Å². The highest BCUT2D eigenvalue weighted by atomic mass is 19.3. The van der Waals surface area contributed by atoms with Crippen LogP contribution >= 0.6 is 0 Å². The van der Waals surface area contributed by atoms with E-state index in [2.05, 4.69) is 21.2 Å². The summed E-state index contributed by atoms with van der Waals surface area (Å²) in [6.45, 7) is 3.56. The molecule has 0 saturated heterocycles. The number of hydrogen-bond acceptors (Lipinski definition) is 3. The molecule has 30 heavy (non-hydrogen) atoms. The molecule has 0 fully saturated rings. The van der Waals surface area contributed by atoms with E-state index < -0.39 is 6.61 Å². The molecule has 0 aliphatic carbocycles. The molecule has 156 valence electrons. The molecule has 3 aromatic rings. The smallest absolute Gasteiger partial charge is 0.387 e. The number of alkyl halides is 2. The molecular formula is C23H23F2N3O2. The highest BCUT2D eigenvalue weighted by molar-refractivity contribution is 6.02. The second-order valence-corrected chi connectivity index (χ2v) is 6.96. The predicted octanol–water partition coefficient (Wildman–Crippen LogP) is 5.11. The van der Waals surface area contributed by atoms with Gasteiger partial charge in [0.2, 0.25) is 5.91 Å². The van der Waals surface area contributed by atoms with Crippen LogP contribution in [0.1, 0.15) is 28.1 Å². The monoisotopic (exact) mass is 411 g/mol. The van der Waals surface area contributed by atoms with Crippen molar-refractivity contribution in [3.8, 4) is 5.75 Å². The molecule has 0 bridgehead atoms. The summed E-state index contributed by atoms with van der Waals surface area (Å²) in [5.74, 6) is -0.233. The normalized spacial score (nSPS) is 11.3. The number of nitrogens with zero attached hydrogens (tertiary/aromatic N) is 2. The number of benzene rings is 2. The first-order chi connectivity index (χ1) is 14.3. The van der Waals surface area contributed by atoms with Crippen LogP contribution in [0.15, 0.2) is 54.6 Å². The van der Waals surface area contributed by atoms with Crippen LogP contribution in [0.3, 0.4) is 0 Å². The van der Waals surface area contributed by atoms with Gasteiger partial charge in [-0.1, -0.05) is 42.0 Å². The van der Waals surface area contributed by atoms with E-state index >= 15 is 0 Å². The maximum absolute atomic E-state index is 12.4. The molecule has 5 nitrogen and oxygen atoms in total. The number of amides is 1. The van der Waals surface area contributed by atoms with Gasteiger partial charge < -0.3 is 10.1 Å². The van der Waals surface area contributed by atoms with Crippen LogP contribution in [0.25, 0.3) is 6.08 Å². The van der Waals surface area contributed by atoms with Gasteiger partial charge in [0.05, 0.1) is 23.6 Å². The maximum Gasteiger partial charge on any atom is 0.387 e. The maximum atomic E-state index is 12.4. The van der Waals surface area contributed by atoms with E-state index in [9.17, 15) is 13.6 Å². The molecule has 2 aromatic carbocycles. The van der Waals surface area contributed by atoms with Crippen molar-refractivity contribution >= 4 is 17.7 Å². The molecular weight excluding hydrogens is 388 g/mol. The van der Waals surface area contributed by atoms with Crippen LogP contribution in [0.2, 0.25) is 0 Å². The number of ether oxygens (including phenoxy) is 1. The summed E-state index contributed by atoms with van der Waals surface area (Å²) in [5.41, 5.74) is 5.28. The Balaban J connectivity index is 1.66. The zero-order chi connectivity index (χ0) is 21.7. The molecule has 1 N–H and O–H groups in total. The van der Waals surface area contributed by atoms with Crippen molar-refractivity contribution in [1.82, 2.24) is 9.78 Å². The Hall–Kier alpha value is -3.48. The number of aromatic nitrogens is 2. The summed E-state index contributed by atoms with van der Waals surface area (Å²) < 4.78 is 30.6. The second-order valence-electron chi connectivity index (χ2n) is 6.96. The number of aryl methyl sites for hydroxylation is 2. The van der Waals surface area contributed by atoms with Gasteiger partial charge >= 0.3 is 6.61 Å². The SMILES string of the molecule is Cc1cccc(Cn2nc(C)c(NC(=O)/C=C\c3ccc(OC(F)F)cc3)c2C)c1. The van der Waals surface area contributed by atoms with Gasteiger partial charge in [0.25, 0.3) is 0 Å². The van der Waals surface area contributed by atoms with Crippen LogP contribution in [-0.2, 0) is 11.3 Å². The largest absolute Gasteiger partial charge is 0.435 e. The third-order valence-electron chi connectivity index (χ3n) is 4.58. The summed E-state index contributed by atoms with van der Waals surface area (Å²) in [6, 6.07) is 14.2. The summed E-state index contributed by atoms with van der Waals surface area (Å²) in [6.07, 6.45) is 2.99. The van der Waals surface area contributed by atoms with Gasteiger partial charge in [-0.25, -0.2) is 0 Å². The Morgan fingerprint density at radius 3 is 2.57 bits per heavy atom. The Morgan fingerprint density at radius 1 is 1.17 bits per heavy atom. The molecule has 1 heterocycles. The Morgan fingerprint density at radius 2 is 1.90 bits per heavy atom. The minimum Gasteiger partial charge on any atom is -0.435 e. The van der Waals surface area contributed by atoms with Gasteiger partial charge in [0, 0.05) is 6.08 Å². The zero-order valence-electron chi connectivity index (χ0n) is 17.0. The lowest BCUT2D eigenvalue weighted by atomic mass is 10.1. The fourth-order valence-corrected chi connectivity index (χ4v) is 3.11. The summed E-state index contributed by atoms with van der Waals surface area (Å²) >= 11 is 0. The van der Waals surface area contributed by atoms with Crippen molar-refractivity contribution in [3.05, 3.63) is 82.7 Å². The zero-order valence-corrected chi connectivity index (χ0v) is 17.0. The number of halogens is 2. The van der Waals surface area contributed by atoms with Crippen molar-refractivity contribution in [1.29, 1.82) is 0 Å². The lowest BCUT2D eigenvalue weighted by Gasteiger charge is -2.07. The van der Waals surface area contributed by atoms with Gasteiger partial charge in [-0.2, -0.15) is 13.9 Å². The number of nitrogens with one attached hydrogen (secondary N) is 1. The van der Waals surface area contributed by atoms with Crippen LogP contribution < -0.4 is 10.1 Å². The van der Waals surface area contributed by atoms with Crippen LogP contribution in [-0.4, -0.2) is 22.3 Å². The van der Waals surface area contributed by atoms with Gasteiger partial charge in [-0.15, -0.1) is 0 Å². The molecule has 1 aromatic heterocycles. The van der Waals surface area contributed by atoms with Gasteiger partial charge in [-0.05, 0) is 50.1 Å². The molecule has 0 atom stereocenters. The summed E-state index contributed by atoms with van der Waals surface area (Å²) in [7, 11) is 0. The number of anilines is 1. The third-order valence-corrected chi connectivity index (χ3v) is 4.58. The molecule has 7 heteroatoms. The van der Waals surface area contributed by atoms with E-state index in [1.165, 1.54) is 23.8 Å². The minimum atomic E-state index is -2.87. The Bertz CT molecular complexity index is 1060. The molecule has 0 saturated carbocycles. The van der Waals surface area contributed by atoms with E-state index in [0.29, 0.717) is 17.8 Å². The van der Waals surface area contributed by atoms with E-state index in [-0.39, 0.29) is 11.7 Å². The van der Waals surface area contributed by atoms with Crippen molar-refractivity contribution in [2.45, 2.75) is 33.9 Å². The number of carbonyl (C=O) groups is 1. The lowest BCUT2D eigenvalue weighted by molar-refractivity contribution is -0.111. The van der Waals surface area contributed by atoms with Crippen LogP contribution in [0, 0.1) is 20.8 Å². The van der Waals surface area contributed by atoms with Crippen molar-refractivity contribution in [3.63, 3.8) is 0 Å². The lowest BCUT2D eigenvalue weighted by Crippen LogP contribution is -2.10. The van der Waals surface area contributed by atoms with Crippen molar-refractivity contribution in [2.24, 2.45) is 0 Å². The van der Waals surface area contributed by atoms with E-state index in [1.807, 2.05) is 43.7 Å². The minimum absolute atomic E-state index is 0.0684. The van der Waals surface area contributed by atoms with E-state index in [0.717, 1.165) is 17.0 Å². The standard InChI is InChI=1S/C23H23F2N3O2/c1-15-5-4-6-19(13-15)14-28-17(3)22(16(2)27-28)26-21(29)12-9-18-7-10-20(11-8-18)30-23(24)25/h4-13,23H,14H2,1-3H3,(H,26,29)/b12-9-.